The highest BCUT2D eigenvalue weighted by molar-refractivity contribution is 7.84. The van der Waals surface area contributed by atoms with Crippen LogP contribution >= 0.6 is 0 Å². The van der Waals surface area contributed by atoms with E-state index in [1.165, 1.54) is 18.2 Å². The van der Waals surface area contributed by atoms with E-state index in [-0.39, 0.29) is 30.9 Å². The van der Waals surface area contributed by atoms with E-state index in [1.807, 2.05) is 0 Å². The summed E-state index contributed by atoms with van der Waals surface area (Å²) in [6, 6.07) is 12.5. The van der Waals surface area contributed by atoms with Crippen molar-refractivity contribution >= 4 is 16.7 Å². The van der Waals surface area contributed by atoms with E-state index in [0.717, 1.165) is 16.7 Å². The summed E-state index contributed by atoms with van der Waals surface area (Å²) in [4.78, 5) is 27.1. The van der Waals surface area contributed by atoms with Crippen molar-refractivity contribution in [1.82, 2.24) is 15.2 Å². The summed E-state index contributed by atoms with van der Waals surface area (Å²) >= 11 is 0. The molecule has 0 saturated heterocycles. The smallest absolute Gasteiger partial charge is 0.392 e. The molecule has 0 aliphatic carbocycles. The first-order valence-corrected chi connectivity index (χ1v) is 13.0. The standard InChI is InChI=1S/C26H28F3N3O4S/c1-16(33)13-30-15-19-11-23(24(34)31-14-18-7-9-22(10-8-18)37(3)36)25(35)32(17(19)2)21-6-4-5-20(12-21)26(27,28)29/h4-12,16,30,33H,13-15H2,1-3H3,(H,31,34). The fourth-order valence-corrected chi connectivity index (χ4v) is 4.24. The number of alkyl halides is 3. The van der Waals surface area contributed by atoms with Crippen LogP contribution in [-0.2, 0) is 30.1 Å². The van der Waals surface area contributed by atoms with Crippen molar-refractivity contribution in [3.8, 4) is 5.69 Å². The van der Waals surface area contributed by atoms with Gasteiger partial charge in [0.25, 0.3) is 11.5 Å². The van der Waals surface area contributed by atoms with Crippen LogP contribution in [0.2, 0.25) is 0 Å². The molecule has 2 unspecified atom stereocenters. The minimum absolute atomic E-state index is 0.0214. The SMILES string of the molecule is Cc1c(CNCC(C)O)cc(C(=O)NCc2ccc(S(C)=O)cc2)c(=O)n1-c1cccc(C(F)(F)F)c1. The summed E-state index contributed by atoms with van der Waals surface area (Å²) in [5.41, 5.74) is -0.344. The molecule has 2 atom stereocenters. The van der Waals surface area contributed by atoms with Gasteiger partial charge in [0.1, 0.15) is 5.56 Å². The fraction of sp³-hybridized carbons (Fsp3) is 0.308. The lowest BCUT2D eigenvalue weighted by Gasteiger charge is -2.18. The van der Waals surface area contributed by atoms with E-state index in [1.54, 1.807) is 44.4 Å². The minimum Gasteiger partial charge on any atom is -0.392 e. The lowest BCUT2D eigenvalue weighted by Crippen LogP contribution is -2.35. The van der Waals surface area contributed by atoms with Crippen molar-refractivity contribution in [2.24, 2.45) is 0 Å². The van der Waals surface area contributed by atoms with E-state index in [0.29, 0.717) is 21.7 Å². The number of rotatable bonds is 9. The highest BCUT2D eigenvalue weighted by Crippen LogP contribution is 2.30. The average molecular weight is 536 g/mol. The van der Waals surface area contributed by atoms with Gasteiger partial charge in [-0.05, 0) is 61.4 Å². The van der Waals surface area contributed by atoms with Gasteiger partial charge in [-0.3, -0.25) is 18.4 Å². The molecule has 0 aliphatic heterocycles. The summed E-state index contributed by atoms with van der Waals surface area (Å²) in [5, 5.41) is 15.2. The number of halogens is 3. The van der Waals surface area contributed by atoms with E-state index < -0.39 is 40.1 Å². The molecule has 0 aliphatic rings. The maximum absolute atomic E-state index is 13.4. The molecule has 0 bridgehead atoms. The first kappa shape index (κ1) is 28.3. The van der Waals surface area contributed by atoms with E-state index in [9.17, 15) is 32.1 Å². The van der Waals surface area contributed by atoms with Crippen LogP contribution in [0.15, 0.2) is 64.3 Å². The van der Waals surface area contributed by atoms with Crippen LogP contribution < -0.4 is 16.2 Å². The van der Waals surface area contributed by atoms with Gasteiger partial charge < -0.3 is 15.7 Å². The number of benzene rings is 2. The molecule has 0 fully saturated rings. The average Bonchev–Trinajstić information content (AvgIpc) is 2.83. The number of nitrogens with one attached hydrogen (secondary N) is 2. The second kappa shape index (κ2) is 11.8. The lowest BCUT2D eigenvalue weighted by molar-refractivity contribution is -0.137. The molecule has 0 radical (unpaired) electrons. The van der Waals surface area contributed by atoms with E-state index in [2.05, 4.69) is 10.6 Å². The second-order valence-corrected chi connectivity index (χ2v) is 10.00. The van der Waals surface area contributed by atoms with Crippen LogP contribution in [0.25, 0.3) is 5.69 Å². The fourth-order valence-electron chi connectivity index (χ4n) is 3.72. The van der Waals surface area contributed by atoms with Gasteiger partial charge in [0.05, 0.1) is 11.7 Å². The quantitative estimate of drug-likeness (QED) is 0.391. The molecule has 2 aromatic carbocycles. The Hall–Kier alpha value is -3.28. The summed E-state index contributed by atoms with van der Waals surface area (Å²) in [5.74, 6) is -0.689. The number of carbonyl (C=O) groups excluding carboxylic acids is 1. The molecule has 1 amide bonds. The monoisotopic (exact) mass is 535 g/mol. The summed E-state index contributed by atoms with van der Waals surface area (Å²) < 4.78 is 52.7. The highest BCUT2D eigenvalue weighted by atomic mass is 32.2. The third kappa shape index (κ3) is 7.15. The second-order valence-electron chi connectivity index (χ2n) is 8.62. The molecule has 37 heavy (non-hydrogen) atoms. The molecular weight excluding hydrogens is 507 g/mol. The van der Waals surface area contributed by atoms with E-state index >= 15 is 0 Å². The van der Waals surface area contributed by atoms with E-state index in [4.69, 9.17) is 0 Å². The van der Waals surface area contributed by atoms with Crippen molar-refractivity contribution in [1.29, 1.82) is 0 Å². The summed E-state index contributed by atoms with van der Waals surface area (Å²) in [7, 11) is -1.15. The largest absolute Gasteiger partial charge is 0.416 e. The zero-order valence-electron chi connectivity index (χ0n) is 20.6. The Morgan fingerprint density at radius 1 is 1.11 bits per heavy atom. The van der Waals surface area contributed by atoms with Crippen LogP contribution in [0, 0.1) is 6.92 Å². The minimum atomic E-state index is -4.61. The van der Waals surface area contributed by atoms with Gasteiger partial charge in [0.2, 0.25) is 0 Å². The van der Waals surface area contributed by atoms with Gasteiger partial charge in [0, 0.05) is 53.0 Å². The maximum atomic E-state index is 13.4. The number of aliphatic hydroxyl groups excluding tert-OH is 1. The molecule has 7 nitrogen and oxygen atoms in total. The maximum Gasteiger partial charge on any atom is 0.416 e. The molecule has 3 rings (SSSR count). The molecule has 3 N–H and O–H groups in total. The Labute approximate surface area is 214 Å². The zero-order chi connectivity index (χ0) is 27.3. The Balaban J connectivity index is 2.00. The number of hydrogen-bond acceptors (Lipinski definition) is 5. The number of hydrogen-bond donors (Lipinski definition) is 3. The van der Waals surface area contributed by atoms with Crippen molar-refractivity contribution in [3.05, 3.63) is 92.9 Å². The topological polar surface area (TPSA) is 100 Å². The third-order valence-electron chi connectivity index (χ3n) is 5.69. The highest BCUT2D eigenvalue weighted by Gasteiger charge is 2.31. The molecule has 1 aromatic heterocycles. The van der Waals surface area contributed by atoms with Gasteiger partial charge in [-0.2, -0.15) is 13.2 Å². The predicted octanol–water partition coefficient (Wildman–Crippen LogP) is 3.30. The Morgan fingerprint density at radius 3 is 2.38 bits per heavy atom. The number of aromatic nitrogens is 1. The molecule has 0 saturated carbocycles. The van der Waals surface area contributed by atoms with Crippen LogP contribution in [0.5, 0.6) is 0 Å². The molecule has 0 spiro atoms. The van der Waals surface area contributed by atoms with Crippen LogP contribution in [0.1, 0.15) is 39.7 Å². The van der Waals surface area contributed by atoms with Crippen LogP contribution in [0.3, 0.4) is 0 Å². The first-order valence-electron chi connectivity index (χ1n) is 11.4. The number of aliphatic hydroxyl groups is 1. The normalized spacial score (nSPS) is 13.3. The van der Waals surface area contributed by atoms with Crippen molar-refractivity contribution in [2.75, 3.05) is 12.8 Å². The molecule has 198 valence electrons. The van der Waals surface area contributed by atoms with Gasteiger partial charge in [0.15, 0.2) is 0 Å². The number of nitrogens with zero attached hydrogens (tertiary/aromatic N) is 1. The Morgan fingerprint density at radius 2 is 1.78 bits per heavy atom. The number of carbonyl (C=O) groups is 1. The summed E-state index contributed by atoms with van der Waals surface area (Å²) in [6.45, 7) is 3.67. The van der Waals surface area contributed by atoms with Crippen molar-refractivity contribution in [3.63, 3.8) is 0 Å². The molecule has 11 heteroatoms. The third-order valence-corrected chi connectivity index (χ3v) is 6.63. The first-order chi connectivity index (χ1) is 17.4. The Bertz CT molecular complexity index is 1350. The zero-order valence-corrected chi connectivity index (χ0v) is 21.4. The van der Waals surface area contributed by atoms with Crippen molar-refractivity contribution in [2.45, 2.75) is 44.1 Å². The van der Waals surface area contributed by atoms with Crippen molar-refractivity contribution < 1.29 is 27.3 Å². The summed E-state index contributed by atoms with van der Waals surface area (Å²) in [6.07, 6.45) is -3.70. The number of pyridine rings is 1. The van der Waals surface area contributed by atoms with Gasteiger partial charge >= 0.3 is 6.18 Å². The predicted molar refractivity (Wildman–Crippen MR) is 135 cm³/mol. The van der Waals surface area contributed by atoms with Gasteiger partial charge in [-0.25, -0.2) is 0 Å². The van der Waals surface area contributed by atoms with Crippen LogP contribution in [0.4, 0.5) is 13.2 Å². The van der Waals surface area contributed by atoms with Gasteiger partial charge in [-0.1, -0.05) is 18.2 Å². The molecule has 3 aromatic rings. The number of amides is 1. The molecular formula is C26H28F3N3O4S. The van der Waals surface area contributed by atoms with Crippen LogP contribution in [-0.4, -0.2) is 38.7 Å². The lowest BCUT2D eigenvalue weighted by atomic mass is 10.1. The van der Waals surface area contributed by atoms with Gasteiger partial charge in [-0.15, -0.1) is 0 Å². The Kier molecular flexibility index (Phi) is 9.06. The molecule has 1 heterocycles.